The van der Waals surface area contributed by atoms with E-state index in [9.17, 15) is 19.2 Å². The number of amides is 5. The van der Waals surface area contributed by atoms with Gasteiger partial charge in [-0.25, -0.2) is 14.5 Å². The Bertz CT molecular complexity index is 815. The highest BCUT2D eigenvalue weighted by Crippen LogP contribution is 2.24. The largest absolute Gasteiger partial charge is 0.450 e. The second-order valence-electron chi connectivity index (χ2n) is 7.69. The Hall–Kier alpha value is -3.10. The predicted molar refractivity (Wildman–Crippen MR) is 110 cm³/mol. The fourth-order valence-corrected chi connectivity index (χ4v) is 3.58. The van der Waals surface area contributed by atoms with Crippen LogP contribution in [-0.4, -0.2) is 72.6 Å². The summed E-state index contributed by atoms with van der Waals surface area (Å²) >= 11 is 0. The minimum absolute atomic E-state index is 0.107. The van der Waals surface area contributed by atoms with Crippen LogP contribution in [0.2, 0.25) is 0 Å². The van der Waals surface area contributed by atoms with Gasteiger partial charge in [-0.15, -0.1) is 0 Å². The van der Waals surface area contributed by atoms with Crippen molar-refractivity contribution in [3.8, 4) is 0 Å². The van der Waals surface area contributed by atoms with Gasteiger partial charge in [0.25, 0.3) is 5.91 Å². The molecule has 2 aliphatic heterocycles. The molecular weight excluding hydrogens is 388 g/mol. The van der Waals surface area contributed by atoms with Crippen molar-refractivity contribution >= 4 is 29.6 Å². The van der Waals surface area contributed by atoms with Gasteiger partial charge in [0.05, 0.1) is 18.7 Å². The number of piperazine rings is 1. The number of nitrogens with one attached hydrogen (secondary N) is 1. The zero-order valence-electron chi connectivity index (χ0n) is 17.6. The lowest BCUT2D eigenvalue weighted by Gasteiger charge is -2.34. The van der Waals surface area contributed by atoms with Gasteiger partial charge in [-0.05, 0) is 30.5 Å². The molecule has 0 bridgehead atoms. The fraction of sp³-hybridized carbons (Fsp3) is 0.524. The monoisotopic (exact) mass is 416 g/mol. The third-order valence-electron chi connectivity index (χ3n) is 5.37. The molecule has 1 N–H and O–H groups in total. The Balaban J connectivity index is 1.57. The second kappa shape index (κ2) is 9.15. The summed E-state index contributed by atoms with van der Waals surface area (Å²) < 4.78 is 4.97. The Morgan fingerprint density at radius 3 is 2.23 bits per heavy atom. The van der Waals surface area contributed by atoms with Gasteiger partial charge in [-0.1, -0.05) is 26.0 Å². The molecule has 0 unspecified atom stereocenters. The molecule has 0 aromatic heterocycles. The molecule has 0 aliphatic carbocycles. The maximum atomic E-state index is 12.8. The summed E-state index contributed by atoms with van der Waals surface area (Å²) in [6, 6.07) is 5.85. The number of carbonyl (C=O) groups is 4. The first-order valence-electron chi connectivity index (χ1n) is 10.3. The van der Waals surface area contributed by atoms with Gasteiger partial charge < -0.3 is 19.9 Å². The molecule has 1 aromatic carbocycles. The van der Waals surface area contributed by atoms with Crippen LogP contribution in [0.4, 0.5) is 15.3 Å². The first-order chi connectivity index (χ1) is 14.3. The van der Waals surface area contributed by atoms with E-state index in [4.69, 9.17) is 4.74 Å². The Labute approximate surface area is 175 Å². The molecule has 3 rings (SSSR count). The lowest BCUT2D eigenvalue weighted by atomic mass is 10.0. The molecule has 0 saturated carbocycles. The fourth-order valence-electron chi connectivity index (χ4n) is 3.58. The SMILES string of the molecule is CCOC(=O)N1CCN(C(=O)C[C@@H]2NC(=O)N(c3ccc(C(C)C)cc3)C2=O)CC1. The van der Waals surface area contributed by atoms with Crippen molar-refractivity contribution in [1.82, 2.24) is 15.1 Å². The van der Waals surface area contributed by atoms with Crippen molar-refractivity contribution in [2.24, 2.45) is 0 Å². The molecule has 1 aromatic rings. The van der Waals surface area contributed by atoms with Crippen LogP contribution in [0, 0.1) is 0 Å². The number of urea groups is 1. The van der Waals surface area contributed by atoms with Gasteiger partial charge in [0, 0.05) is 26.2 Å². The van der Waals surface area contributed by atoms with Gasteiger partial charge in [-0.3, -0.25) is 9.59 Å². The van der Waals surface area contributed by atoms with Crippen LogP contribution in [0.15, 0.2) is 24.3 Å². The number of anilines is 1. The van der Waals surface area contributed by atoms with Crippen LogP contribution >= 0.6 is 0 Å². The van der Waals surface area contributed by atoms with Crippen LogP contribution in [-0.2, 0) is 14.3 Å². The molecule has 5 amide bonds. The van der Waals surface area contributed by atoms with E-state index in [1.165, 1.54) is 0 Å². The quantitative estimate of drug-likeness (QED) is 0.740. The molecule has 2 saturated heterocycles. The number of hydrogen-bond donors (Lipinski definition) is 1. The standard InChI is InChI=1S/C21H28N4O5/c1-4-30-21(29)24-11-9-23(10-12-24)18(26)13-17-19(27)25(20(28)22-17)16-7-5-15(6-8-16)14(2)3/h5-8,14,17H,4,9-13H2,1-3H3,(H,22,28)/t17-/m0/s1. The first-order valence-corrected chi connectivity index (χ1v) is 10.3. The van der Waals surface area contributed by atoms with Crippen molar-refractivity contribution < 1.29 is 23.9 Å². The number of rotatable bonds is 5. The third-order valence-corrected chi connectivity index (χ3v) is 5.37. The van der Waals surface area contributed by atoms with E-state index in [0.717, 1.165) is 10.5 Å². The normalized spacial score (nSPS) is 19.3. The highest BCUT2D eigenvalue weighted by molar-refractivity contribution is 6.22. The highest BCUT2D eigenvalue weighted by Gasteiger charge is 2.41. The summed E-state index contributed by atoms with van der Waals surface area (Å²) in [5.74, 6) is -0.318. The van der Waals surface area contributed by atoms with Crippen LogP contribution in [0.3, 0.4) is 0 Å². The molecule has 0 radical (unpaired) electrons. The van der Waals surface area contributed by atoms with Crippen molar-refractivity contribution in [3.63, 3.8) is 0 Å². The summed E-state index contributed by atoms with van der Waals surface area (Å²) in [5.41, 5.74) is 1.60. The summed E-state index contributed by atoms with van der Waals surface area (Å²) in [6.07, 6.45) is -0.494. The van der Waals surface area contributed by atoms with Gasteiger partial charge >= 0.3 is 12.1 Å². The molecule has 2 fully saturated rings. The van der Waals surface area contributed by atoms with Gasteiger partial charge in [0.15, 0.2) is 0 Å². The van der Waals surface area contributed by atoms with Gasteiger partial charge in [0.1, 0.15) is 6.04 Å². The molecule has 162 valence electrons. The molecular formula is C21H28N4O5. The van der Waals surface area contributed by atoms with Crippen molar-refractivity contribution in [3.05, 3.63) is 29.8 Å². The van der Waals surface area contributed by atoms with E-state index in [2.05, 4.69) is 19.2 Å². The predicted octanol–water partition coefficient (Wildman–Crippen LogP) is 1.93. The molecule has 2 heterocycles. The Morgan fingerprint density at radius 2 is 1.67 bits per heavy atom. The minimum Gasteiger partial charge on any atom is -0.450 e. The number of ether oxygens (including phenoxy) is 1. The molecule has 1 atom stereocenters. The van der Waals surface area contributed by atoms with Crippen LogP contribution < -0.4 is 10.2 Å². The third kappa shape index (κ3) is 4.55. The topological polar surface area (TPSA) is 99.3 Å². The number of hydrogen-bond acceptors (Lipinski definition) is 5. The second-order valence-corrected chi connectivity index (χ2v) is 7.69. The number of benzene rings is 1. The summed E-state index contributed by atoms with van der Waals surface area (Å²) in [7, 11) is 0. The Morgan fingerprint density at radius 1 is 1.07 bits per heavy atom. The van der Waals surface area contributed by atoms with Crippen LogP contribution in [0.5, 0.6) is 0 Å². The lowest BCUT2D eigenvalue weighted by Crippen LogP contribution is -2.51. The summed E-state index contributed by atoms with van der Waals surface area (Å²) in [5, 5.41) is 2.61. The molecule has 2 aliphatic rings. The van der Waals surface area contributed by atoms with E-state index < -0.39 is 18.0 Å². The lowest BCUT2D eigenvalue weighted by molar-refractivity contribution is -0.135. The van der Waals surface area contributed by atoms with E-state index in [1.807, 2.05) is 12.1 Å². The number of carbonyl (C=O) groups excluding carboxylic acids is 4. The maximum absolute atomic E-state index is 12.8. The first kappa shape index (κ1) is 21.6. The Kier molecular flexibility index (Phi) is 6.59. The smallest absolute Gasteiger partial charge is 0.409 e. The van der Waals surface area contributed by atoms with E-state index in [1.54, 1.807) is 28.9 Å². The summed E-state index contributed by atoms with van der Waals surface area (Å²) in [4.78, 5) is 53.8. The zero-order valence-corrected chi connectivity index (χ0v) is 17.6. The molecule has 9 heteroatoms. The van der Waals surface area contributed by atoms with Crippen molar-refractivity contribution in [1.29, 1.82) is 0 Å². The average Bonchev–Trinajstić information content (AvgIpc) is 3.01. The average molecular weight is 416 g/mol. The number of nitrogens with zero attached hydrogens (tertiary/aromatic N) is 3. The van der Waals surface area contributed by atoms with E-state index >= 15 is 0 Å². The van der Waals surface area contributed by atoms with E-state index in [0.29, 0.717) is 44.4 Å². The maximum Gasteiger partial charge on any atom is 0.409 e. The van der Waals surface area contributed by atoms with Crippen molar-refractivity contribution in [2.75, 3.05) is 37.7 Å². The van der Waals surface area contributed by atoms with Crippen LogP contribution in [0.1, 0.15) is 38.7 Å². The van der Waals surface area contributed by atoms with Gasteiger partial charge in [0.2, 0.25) is 5.91 Å². The van der Waals surface area contributed by atoms with Crippen molar-refractivity contribution in [2.45, 2.75) is 39.2 Å². The summed E-state index contributed by atoms with van der Waals surface area (Å²) in [6.45, 7) is 7.67. The number of imide groups is 1. The van der Waals surface area contributed by atoms with Gasteiger partial charge in [-0.2, -0.15) is 0 Å². The molecule has 0 spiro atoms. The minimum atomic E-state index is -0.891. The highest BCUT2D eigenvalue weighted by atomic mass is 16.6. The van der Waals surface area contributed by atoms with Crippen LogP contribution in [0.25, 0.3) is 0 Å². The zero-order chi connectivity index (χ0) is 21.8. The van der Waals surface area contributed by atoms with E-state index in [-0.39, 0.29) is 18.4 Å². The molecule has 9 nitrogen and oxygen atoms in total. The molecule has 30 heavy (non-hydrogen) atoms.